The van der Waals surface area contributed by atoms with E-state index in [-0.39, 0.29) is 5.91 Å². The smallest absolute Gasteiger partial charge is 0.248 e. The summed E-state index contributed by atoms with van der Waals surface area (Å²) >= 11 is 0.683. The summed E-state index contributed by atoms with van der Waals surface area (Å²) in [6, 6.07) is 2.19. The molecule has 0 spiro atoms. The van der Waals surface area contributed by atoms with Crippen LogP contribution in [0.4, 0.5) is 11.5 Å². The largest absolute Gasteiger partial charge is 0.384 e. The number of carbonyl (C=O) groups excluding carboxylic acids is 2. The van der Waals surface area contributed by atoms with Crippen LogP contribution < -0.4 is 16.4 Å². The number of nitrogens with one attached hydrogen (secondary N) is 2. The summed E-state index contributed by atoms with van der Waals surface area (Å²) in [5.41, 5.74) is 5.90. The lowest BCUT2D eigenvalue weighted by atomic mass is 10.0. The van der Waals surface area contributed by atoms with Crippen LogP contribution in [0.2, 0.25) is 0 Å². The highest BCUT2D eigenvalue weighted by molar-refractivity contribution is 7.99. The Labute approximate surface area is 126 Å². The summed E-state index contributed by atoms with van der Waals surface area (Å²) in [4.78, 5) is 37.9. The van der Waals surface area contributed by atoms with Crippen molar-refractivity contribution in [3.8, 4) is 0 Å². The van der Waals surface area contributed by atoms with Crippen molar-refractivity contribution in [2.45, 2.75) is 31.6 Å². The van der Waals surface area contributed by atoms with Gasteiger partial charge in [0.05, 0.1) is 16.6 Å². The van der Waals surface area contributed by atoms with Gasteiger partial charge in [-0.05, 0) is 26.0 Å². The summed E-state index contributed by atoms with van der Waals surface area (Å²) < 4.78 is 1.84. The molecule has 4 N–H and O–H groups in total. The summed E-state index contributed by atoms with van der Waals surface area (Å²) in [6.45, 7) is 4.57. The van der Waals surface area contributed by atoms with Crippen molar-refractivity contribution in [2.24, 2.45) is 4.58 Å². The molecule has 1 aromatic heterocycles. The Hall–Kier alpha value is -2.16. The quantitative estimate of drug-likeness (QED) is 0.537. The van der Waals surface area contributed by atoms with Crippen molar-refractivity contribution in [1.29, 1.82) is 0 Å². The Morgan fingerprint density at radius 1 is 1.43 bits per heavy atom. The molecule has 0 aromatic carbocycles. The third-order valence-corrected chi connectivity index (χ3v) is 3.41. The first-order chi connectivity index (χ1) is 9.76. The topological polar surface area (TPSA) is 127 Å². The second kappa shape index (κ2) is 7.02. The van der Waals surface area contributed by atoms with Gasteiger partial charge in [0.25, 0.3) is 0 Å². The average molecular weight is 311 g/mol. The Balaban J connectivity index is 2.91. The number of nitrogens with two attached hydrogens (primary N) is 1. The number of pyridine rings is 1. The van der Waals surface area contributed by atoms with Crippen LogP contribution in [0, 0.1) is 4.91 Å². The summed E-state index contributed by atoms with van der Waals surface area (Å²) in [5.74, 6) is -0.532. The van der Waals surface area contributed by atoms with E-state index in [1.165, 1.54) is 19.2 Å². The van der Waals surface area contributed by atoms with Gasteiger partial charge in [0.1, 0.15) is 11.9 Å². The van der Waals surface area contributed by atoms with E-state index < -0.39 is 16.7 Å². The third-order valence-electron chi connectivity index (χ3n) is 2.63. The Morgan fingerprint density at radius 2 is 2.10 bits per heavy atom. The first kappa shape index (κ1) is 16.9. The first-order valence-corrected chi connectivity index (χ1v) is 6.84. The number of carbonyl (C=O) groups is 2. The van der Waals surface area contributed by atoms with Crippen LogP contribution in [-0.4, -0.2) is 27.6 Å². The highest BCUT2D eigenvalue weighted by Crippen LogP contribution is 2.29. The highest BCUT2D eigenvalue weighted by Gasteiger charge is 2.37. The van der Waals surface area contributed by atoms with Gasteiger partial charge >= 0.3 is 0 Å². The van der Waals surface area contributed by atoms with Gasteiger partial charge in [0.2, 0.25) is 11.8 Å². The second-order valence-corrected chi connectivity index (χ2v) is 6.25. The zero-order valence-corrected chi connectivity index (χ0v) is 12.7. The number of amides is 2. The number of rotatable bonds is 6. The Morgan fingerprint density at radius 3 is 2.57 bits per heavy atom. The van der Waals surface area contributed by atoms with Crippen molar-refractivity contribution < 1.29 is 9.59 Å². The number of nitrogen functional groups attached to an aromatic ring is 1. The standard InChI is InChI=1S/C12H17N5O3S/c1-7(18)15-10(12(2,3)21-17-20)11(19)16-8-4-5-9(13)14-6-8/h4-6,10H,1-3H3,(H2,13,14)(H,15,18)(H,16,19)/t10-/m0/s1. The van der Waals surface area contributed by atoms with Crippen molar-refractivity contribution >= 4 is 35.3 Å². The van der Waals surface area contributed by atoms with Crippen molar-refractivity contribution in [2.75, 3.05) is 11.1 Å². The molecule has 1 rings (SSSR count). The van der Waals surface area contributed by atoms with Gasteiger partial charge in [-0.3, -0.25) is 9.59 Å². The van der Waals surface area contributed by atoms with Gasteiger partial charge in [0, 0.05) is 23.5 Å². The molecule has 0 unspecified atom stereocenters. The van der Waals surface area contributed by atoms with E-state index in [0.717, 1.165) is 0 Å². The third kappa shape index (κ3) is 5.03. The van der Waals surface area contributed by atoms with Crippen molar-refractivity contribution in [1.82, 2.24) is 10.3 Å². The molecule has 9 heteroatoms. The lowest BCUT2D eigenvalue weighted by Crippen LogP contribution is -2.53. The minimum atomic E-state index is -0.935. The van der Waals surface area contributed by atoms with Gasteiger partial charge in [-0.25, -0.2) is 4.98 Å². The van der Waals surface area contributed by atoms with Crippen LogP contribution in [-0.2, 0) is 9.59 Å². The Kier molecular flexibility index (Phi) is 5.65. The van der Waals surface area contributed by atoms with Crippen LogP contribution in [0.25, 0.3) is 0 Å². The van der Waals surface area contributed by atoms with Crippen LogP contribution in [0.15, 0.2) is 22.9 Å². The molecule has 8 nitrogen and oxygen atoms in total. The predicted molar refractivity (Wildman–Crippen MR) is 82.3 cm³/mol. The molecule has 0 aliphatic rings. The number of nitroso groups, excluding NO2 is 1. The molecule has 2 amide bonds. The maximum Gasteiger partial charge on any atom is 0.248 e. The molecule has 0 saturated carbocycles. The van der Waals surface area contributed by atoms with Crippen LogP contribution >= 0.6 is 11.9 Å². The zero-order chi connectivity index (χ0) is 16.0. The van der Waals surface area contributed by atoms with Gasteiger partial charge in [0.15, 0.2) is 0 Å². The van der Waals surface area contributed by atoms with E-state index >= 15 is 0 Å². The van der Waals surface area contributed by atoms with Crippen LogP contribution in [0.3, 0.4) is 0 Å². The normalized spacial score (nSPS) is 12.3. The molecule has 21 heavy (non-hydrogen) atoms. The molecular formula is C12H17N5O3S. The average Bonchev–Trinajstić information content (AvgIpc) is 2.38. The lowest BCUT2D eigenvalue weighted by molar-refractivity contribution is -0.125. The molecule has 1 atom stereocenters. The monoisotopic (exact) mass is 311 g/mol. The Bertz CT molecular complexity index is 532. The van der Waals surface area contributed by atoms with Crippen molar-refractivity contribution in [3.05, 3.63) is 23.2 Å². The molecule has 0 aliphatic carbocycles. The van der Waals surface area contributed by atoms with Gasteiger partial charge in [-0.2, -0.15) is 0 Å². The SMILES string of the molecule is CC(=O)N[C@@H](C(=O)Nc1ccc(N)nc1)C(C)(C)SN=O. The molecule has 1 heterocycles. The number of hydrogen-bond acceptors (Lipinski definition) is 7. The first-order valence-electron chi connectivity index (χ1n) is 6.06. The molecule has 0 aliphatic heterocycles. The fourth-order valence-corrected chi connectivity index (χ4v) is 2.06. The molecule has 0 saturated heterocycles. The van der Waals surface area contributed by atoms with Crippen LogP contribution in [0.5, 0.6) is 0 Å². The van der Waals surface area contributed by atoms with E-state index in [1.54, 1.807) is 19.9 Å². The minimum Gasteiger partial charge on any atom is -0.384 e. The highest BCUT2D eigenvalue weighted by atomic mass is 32.2. The predicted octanol–water partition coefficient (Wildman–Crippen LogP) is 1.30. The maximum atomic E-state index is 12.3. The van der Waals surface area contributed by atoms with E-state index in [0.29, 0.717) is 23.5 Å². The zero-order valence-electron chi connectivity index (χ0n) is 11.9. The molecule has 0 fully saturated rings. The second-order valence-electron chi connectivity index (χ2n) is 4.86. The molecule has 0 radical (unpaired) electrons. The number of hydrogen-bond donors (Lipinski definition) is 3. The summed E-state index contributed by atoms with van der Waals surface area (Å²) in [5, 5.41) is 5.13. The lowest BCUT2D eigenvalue weighted by Gasteiger charge is -2.30. The van der Waals surface area contributed by atoms with Gasteiger partial charge in [-0.15, -0.1) is 4.91 Å². The van der Waals surface area contributed by atoms with E-state index in [9.17, 15) is 14.5 Å². The molecule has 114 valence electrons. The van der Waals surface area contributed by atoms with E-state index in [1.807, 2.05) is 0 Å². The molecule has 0 bridgehead atoms. The summed E-state index contributed by atoms with van der Waals surface area (Å²) in [6.07, 6.45) is 1.40. The fourth-order valence-electron chi connectivity index (χ4n) is 1.60. The fraction of sp³-hybridized carbons (Fsp3) is 0.417. The minimum absolute atomic E-state index is 0.326. The summed E-state index contributed by atoms with van der Waals surface area (Å²) in [7, 11) is 0. The number of anilines is 2. The van der Waals surface area contributed by atoms with E-state index in [4.69, 9.17) is 5.73 Å². The van der Waals surface area contributed by atoms with E-state index in [2.05, 4.69) is 20.2 Å². The number of aromatic nitrogens is 1. The maximum absolute atomic E-state index is 12.3. The van der Waals surface area contributed by atoms with Gasteiger partial charge in [-0.1, -0.05) is 0 Å². The van der Waals surface area contributed by atoms with Gasteiger partial charge < -0.3 is 16.4 Å². The van der Waals surface area contributed by atoms with Crippen LogP contribution in [0.1, 0.15) is 20.8 Å². The molecular weight excluding hydrogens is 294 g/mol. The number of nitrogens with zero attached hydrogens (tertiary/aromatic N) is 2. The molecule has 1 aromatic rings. The van der Waals surface area contributed by atoms with Crippen molar-refractivity contribution in [3.63, 3.8) is 0 Å².